The van der Waals surface area contributed by atoms with Crippen molar-refractivity contribution in [2.75, 3.05) is 11.9 Å². The molecule has 1 aromatic heterocycles. The van der Waals surface area contributed by atoms with Crippen LogP contribution in [-0.2, 0) is 4.79 Å². The molecule has 0 unspecified atom stereocenters. The van der Waals surface area contributed by atoms with Crippen molar-refractivity contribution < 1.29 is 9.53 Å². The quantitative estimate of drug-likeness (QED) is 0.254. The van der Waals surface area contributed by atoms with E-state index in [2.05, 4.69) is 62.6 Å². The van der Waals surface area contributed by atoms with E-state index < -0.39 is 0 Å². The van der Waals surface area contributed by atoms with Gasteiger partial charge in [0.25, 0.3) is 0 Å². The lowest BCUT2D eigenvalue weighted by Crippen LogP contribution is -2.12. The number of ether oxygens (including phenoxy) is 1. The highest BCUT2D eigenvalue weighted by Gasteiger charge is 2.09. The zero-order chi connectivity index (χ0) is 22.3. The second kappa shape index (κ2) is 10.6. The number of anilines is 1. The van der Waals surface area contributed by atoms with Crippen molar-refractivity contribution in [2.45, 2.75) is 19.8 Å². The number of benzene rings is 3. The molecule has 0 fully saturated rings. The molecule has 0 radical (unpaired) electrons. The Hall–Kier alpha value is -2.96. The highest BCUT2D eigenvalue weighted by Crippen LogP contribution is 2.28. The van der Waals surface area contributed by atoms with E-state index >= 15 is 0 Å². The van der Waals surface area contributed by atoms with Crippen LogP contribution in [0.15, 0.2) is 82.6 Å². The van der Waals surface area contributed by atoms with E-state index in [1.54, 1.807) is 0 Å². The van der Waals surface area contributed by atoms with Crippen molar-refractivity contribution in [3.8, 4) is 28.1 Å². The van der Waals surface area contributed by atoms with Crippen LogP contribution in [0.5, 0.6) is 5.75 Å². The molecule has 0 atom stereocenters. The van der Waals surface area contributed by atoms with E-state index in [4.69, 9.17) is 4.74 Å². The molecule has 6 heteroatoms. The molecule has 1 N–H and O–H groups in total. The maximum absolute atomic E-state index is 12.3. The number of carbonyl (C=O) groups is 1. The van der Waals surface area contributed by atoms with Crippen LogP contribution in [-0.4, -0.2) is 17.5 Å². The molecule has 1 amide bonds. The van der Waals surface area contributed by atoms with Crippen LogP contribution in [0.1, 0.15) is 18.4 Å². The Morgan fingerprint density at radius 3 is 2.47 bits per heavy atom. The van der Waals surface area contributed by atoms with Crippen LogP contribution in [0.3, 0.4) is 0 Å². The summed E-state index contributed by atoms with van der Waals surface area (Å²) in [7, 11) is 0. The van der Waals surface area contributed by atoms with Crippen LogP contribution in [0.2, 0.25) is 0 Å². The number of thiazole rings is 1. The fourth-order valence-electron chi connectivity index (χ4n) is 3.25. The van der Waals surface area contributed by atoms with Crippen molar-refractivity contribution in [2.24, 2.45) is 0 Å². The fourth-order valence-corrected chi connectivity index (χ4v) is 4.59. The fraction of sp³-hybridized carbons (Fsp3) is 0.154. The van der Waals surface area contributed by atoms with Crippen LogP contribution >= 0.6 is 27.3 Å². The average molecular weight is 507 g/mol. The van der Waals surface area contributed by atoms with Crippen LogP contribution in [0, 0.1) is 6.92 Å². The molecule has 32 heavy (non-hydrogen) atoms. The molecular formula is C26H23BrN2O2S. The van der Waals surface area contributed by atoms with Crippen LogP contribution in [0.25, 0.3) is 22.4 Å². The summed E-state index contributed by atoms with van der Waals surface area (Å²) < 4.78 is 6.68. The van der Waals surface area contributed by atoms with Gasteiger partial charge in [0.05, 0.1) is 16.8 Å². The molecule has 0 aliphatic carbocycles. The first-order valence-corrected chi connectivity index (χ1v) is 12.1. The number of amides is 1. The first-order chi connectivity index (χ1) is 15.6. The van der Waals surface area contributed by atoms with Gasteiger partial charge in [-0.2, -0.15) is 0 Å². The Kier molecular flexibility index (Phi) is 7.35. The second-order valence-electron chi connectivity index (χ2n) is 7.42. The molecule has 0 saturated heterocycles. The van der Waals surface area contributed by atoms with Gasteiger partial charge in [-0.3, -0.25) is 4.79 Å². The predicted molar refractivity (Wildman–Crippen MR) is 135 cm³/mol. The third-order valence-electron chi connectivity index (χ3n) is 4.93. The number of halogens is 1. The van der Waals surface area contributed by atoms with Gasteiger partial charge in [-0.25, -0.2) is 4.98 Å². The Bertz CT molecular complexity index is 1190. The molecule has 1 heterocycles. The number of nitrogens with zero attached hydrogens (tertiary/aromatic N) is 1. The van der Waals surface area contributed by atoms with Crippen molar-refractivity contribution in [1.82, 2.24) is 4.98 Å². The van der Waals surface area contributed by atoms with Gasteiger partial charge in [0, 0.05) is 17.4 Å². The SMILES string of the molecule is Cc1ccc(OCCCC(=O)Nc2nc(-c3ccc(-c4ccccc4)cc3)cs2)c(Br)c1. The number of rotatable bonds is 8. The highest BCUT2D eigenvalue weighted by atomic mass is 79.9. The Balaban J connectivity index is 1.27. The third kappa shape index (κ3) is 5.84. The molecule has 0 aliphatic rings. The number of carbonyl (C=O) groups excluding carboxylic acids is 1. The minimum atomic E-state index is -0.0584. The highest BCUT2D eigenvalue weighted by molar-refractivity contribution is 9.10. The Labute approximate surface area is 200 Å². The summed E-state index contributed by atoms with van der Waals surface area (Å²) in [5, 5.41) is 5.46. The van der Waals surface area contributed by atoms with Gasteiger partial charge in [0.2, 0.25) is 5.91 Å². The monoisotopic (exact) mass is 506 g/mol. The van der Waals surface area contributed by atoms with Gasteiger partial charge in [-0.1, -0.05) is 60.7 Å². The van der Waals surface area contributed by atoms with E-state index in [1.807, 2.05) is 48.7 Å². The molecular weight excluding hydrogens is 484 g/mol. The minimum Gasteiger partial charge on any atom is -0.492 e. The molecule has 162 valence electrons. The topological polar surface area (TPSA) is 51.2 Å². The summed E-state index contributed by atoms with van der Waals surface area (Å²) in [6.07, 6.45) is 1.01. The summed E-state index contributed by atoms with van der Waals surface area (Å²) in [4.78, 5) is 16.8. The molecule has 0 bridgehead atoms. The van der Waals surface area contributed by atoms with Crippen molar-refractivity contribution in [3.63, 3.8) is 0 Å². The third-order valence-corrected chi connectivity index (χ3v) is 6.31. The number of nitrogens with one attached hydrogen (secondary N) is 1. The molecule has 0 spiro atoms. The van der Waals surface area contributed by atoms with E-state index in [-0.39, 0.29) is 5.91 Å². The lowest BCUT2D eigenvalue weighted by atomic mass is 10.0. The standard InChI is InChI=1S/C26H23BrN2O2S/c1-18-9-14-24(22(27)16-18)31-15-5-8-25(30)29-26-28-23(17-32-26)21-12-10-20(11-13-21)19-6-3-2-4-7-19/h2-4,6-7,9-14,16-17H,5,8,15H2,1H3,(H,28,29,30). The Morgan fingerprint density at radius 1 is 1.00 bits per heavy atom. The molecule has 4 aromatic rings. The lowest BCUT2D eigenvalue weighted by Gasteiger charge is -2.08. The molecule has 4 nitrogen and oxygen atoms in total. The summed E-state index contributed by atoms with van der Waals surface area (Å²) in [5.74, 6) is 0.732. The van der Waals surface area contributed by atoms with Crippen molar-refractivity contribution in [3.05, 3.63) is 88.2 Å². The van der Waals surface area contributed by atoms with Gasteiger partial charge in [0.1, 0.15) is 5.75 Å². The molecule has 0 aliphatic heterocycles. The van der Waals surface area contributed by atoms with Gasteiger partial charge >= 0.3 is 0 Å². The summed E-state index contributed by atoms with van der Waals surface area (Å²) >= 11 is 4.93. The molecule has 0 saturated carbocycles. The van der Waals surface area contributed by atoms with Crippen LogP contribution in [0.4, 0.5) is 5.13 Å². The van der Waals surface area contributed by atoms with Gasteiger partial charge < -0.3 is 10.1 Å². The number of aromatic nitrogens is 1. The number of hydrogen-bond donors (Lipinski definition) is 1. The zero-order valence-electron chi connectivity index (χ0n) is 17.7. The minimum absolute atomic E-state index is 0.0584. The predicted octanol–water partition coefficient (Wildman–Crippen LogP) is 7.35. The van der Waals surface area contributed by atoms with Crippen molar-refractivity contribution >= 4 is 38.3 Å². The van der Waals surface area contributed by atoms with Gasteiger partial charge in [-0.15, -0.1) is 11.3 Å². The van der Waals surface area contributed by atoms with Crippen molar-refractivity contribution in [1.29, 1.82) is 0 Å². The van der Waals surface area contributed by atoms with E-state index in [9.17, 15) is 4.79 Å². The smallest absolute Gasteiger partial charge is 0.226 e. The van der Waals surface area contributed by atoms with Crippen LogP contribution < -0.4 is 10.1 Å². The first kappa shape index (κ1) is 22.2. The zero-order valence-corrected chi connectivity index (χ0v) is 20.1. The Morgan fingerprint density at radius 2 is 1.72 bits per heavy atom. The summed E-state index contributed by atoms with van der Waals surface area (Å²) in [5.41, 5.74) is 5.40. The number of aryl methyl sites for hydroxylation is 1. The van der Waals surface area contributed by atoms with E-state index in [0.29, 0.717) is 24.6 Å². The summed E-state index contributed by atoms with van der Waals surface area (Å²) in [6, 6.07) is 24.5. The first-order valence-electron chi connectivity index (χ1n) is 10.4. The van der Waals surface area contributed by atoms with Gasteiger partial charge in [0.15, 0.2) is 5.13 Å². The second-order valence-corrected chi connectivity index (χ2v) is 9.13. The van der Waals surface area contributed by atoms with E-state index in [0.717, 1.165) is 27.0 Å². The molecule has 4 rings (SSSR count). The van der Waals surface area contributed by atoms with E-state index in [1.165, 1.54) is 22.5 Å². The maximum Gasteiger partial charge on any atom is 0.226 e. The van der Waals surface area contributed by atoms with Gasteiger partial charge in [-0.05, 0) is 58.1 Å². The maximum atomic E-state index is 12.3. The normalized spacial score (nSPS) is 10.7. The lowest BCUT2D eigenvalue weighted by molar-refractivity contribution is -0.116. The largest absolute Gasteiger partial charge is 0.492 e. The molecule has 3 aromatic carbocycles. The number of hydrogen-bond acceptors (Lipinski definition) is 4. The summed E-state index contributed by atoms with van der Waals surface area (Å²) in [6.45, 7) is 2.51. The average Bonchev–Trinajstić information content (AvgIpc) is 3.27.